The maximum Gasteiger partial charge on any atom is 0.205 e. The van der Waals surface area contributed by atoms with E-state index in [-0.39, 0.29) is 34.6 Å². The summed E-state index contributed by atoms with van der Waals surface area (Å²) >= 11 is 6.19. The predicted octanol–water partition coefficient (Wildman–Crippen LogP) is 5.80. The molecule has 0 bridgehead atoms. The van der Waals surface area contributed by atoms with Crippen LogP contribution in [0.4, 0.5) is 11.5 Å². The Morgan fingerprint density at radius 2 is 1.86 bits per heavy atom. The average Bonchev–Trinajstić information content (AvgIpc) is 2.85. The summed E-state index contributed by atoms with van der Waals surface area (Å²) in [6.45, 7) is 17.2. The van der Waals surface area contributed by atoms with Gasteiger partial charge in [-0.25, -0.2) is 4.85 Å². The molecule has 0 spiro atoms. The fourth-order valence-corrected chi connectivity index (χ4v) is 6.21. The van der Waals surface area contributed by atoms with Crippen LogP contribution in [0.3, 0.4) is 0 Å². The molecule has 1 saturated carbocycles. The fraction of sp³-hybridized carbons (Fsp3) is 0.519. The molecule has 1 aromatic carbocycles. The van der Waals surface area contributed by atoms with E-state index in [9.17, 15) is 9.59 Å². The van der Waals surface area contributed by atoms with E-state index in [1.54, 1.807) is 24.3 Å². The Balaban J connectivity index is 1.41. The van der Waals surface area contributed by atoms with Crippen LogP contribution in [0.25, 0.3) is 4.85 Å². The lowest BCUT2D eigenvalue weighted by atomic mass is 9.44. The maximum atomic E-state index is 13.1. The number of benzene rings is 1. The summed E-state index contributed by atoms with van der Waals surface area (Å²) in [5.41, 5.74) is 0.266. The van der Waals surface area contributed by atoms with Crippen LogP contribution in [-0.4, -0.2) is 41.5 Å². The molecular weight excluding hydrogens is 464 g/mol. The number of carbonyl (C=O) groups is 2. The molecule has 1 aliphatic carbocycles. The summed E-state index contributed by atoms with van der Waals surface area (Å²) in [5, 5.41) is 8.90. The summed E-state index contributed by atoms with van der Waals surface area (Å²) in [6.07, 6.45) is 2.90. The van der Waals surface area contributed by atoms with Crippen molar-refractivity contribution >= 4 is 35.2 Å². The second-order valence-electron chi connectivity index (χ2n) is 10.8. The van der Waals surface area contributed by atoms with Crippen molar-refractivity contribution in [3.63, 3.8) is 0 Å². The maximum absolute atomic E-state index is 13.1. The molecule has 2 fully saturated rings. The third-order valence-corrected chi connectivity index (χ3v) is 8.13. The molecule has 0 N–H and O–H groups in total. The van der Waals surface area contributed by atoms with Crippen molar-refractivity contribution in [3.8, 4) is 5.75 Å². The number of carbonyl (C=O) groups excluding carboxylic acids is 2. The van der Waals surface area contributed by atoms with Crippen LogP contribution < -0.4 is 9.64 Å². The standard InChI is InChI=1S/C27H31ClN4O3/c1-26(2)23(27(3,4)25(26)35-18-6-7-20(29-5)19(28)14-18)15-22(34)21-8-9-24(31-30-21)32-12-10-17(16-33)11-13-32/h6-9,14,16-17,23,25H,10-13,15H2,1-4H3. The molecule has 184 valence electrons. The molecule has 1 aromatic heterocycles. The quantitative estimate of drug-likeness (QED) is 0.275. The minimum atomic E-state index is -0.250. The van der Waals surface area contributed by atoms with Crippen LogP contribution in [0.15, 0.2) is 30.3 Å². The number of hydrogen-bond donors (Lipinski definition) is 0. The summed E-state index contributed by atoms with van der Waals surface area (Å²) < 4.78 is 6.32. The van der Waals surface area contributed by atoms with Gasteiger partial charge in [-0.3, -0.25) is 4.79 Å². The number of piperidine rings is 1. The number of aromatic nitrogens is 2. The molecule has 0 atom stereocenters. The first-order valence-electron chi connectivity index (χ1n) is 12.0. The van der Waals surface area contributed by atoms with E-state index >= 15 is 0 Å². The Morgan fingerprint density at radius 1 is 1.17 bits per heavy atom. The molecule has 1 saturated heterocycles. The topological polar surface area (TPSA) is 76.8 Å². The number of ether oxygens (including phenoxy) is 1. The first-order chi connectivity index (χ1) is 16.6. The highest BCUT2D eigenvalue weighted by Gasteiger charge is 2.63. The molecule has 2 aliphatic rings. The van der Waals surface area contributed by atoms with E-state index in [0.717, 1.165) is 38.0 Å². The van der Waals surface area contributed by atoms with Gasteiger partial charge in [0, 0.05) is 36.3 Å². The summed E-state index contributed by atoms with van der Waals surface area (Å²) in [5.74, 6) is 1.55. The van der Waals surface area contributed by atoms with Crippen molar-refractivity contribution in [2.24, 2.45) is 22.7 Å². The zero-order chi connectivity index (χ0) is 25.4. The van der Waals surface area contributed by atoms with Gasteiger partial charge in [-0.2, -0.15) is 0 Å². The number of anilines is 1. The first-order valence-corrected chi connectivity index (χ1v) is 12.4. The van der Waals surface area contributed by atoms with Crippen LogP contribution >= 0.6 is 11.6 Å². The van der Waals surface area contributed by atoms with Gasteiger partial charge < -0.3 is 14.4 Å². The Labute approximate surface area is 211 Å². The largest absolute Gasteiger partial charge is 0.489 e. The molecule has 2 heterocycles. The smallest absolute Gasteiger partial charge is 0.205 e. The second kappa shape index (κ2) is 9.58. The van der Waals surface area contributed by atoms with Gasteiger partial charge in [0.2, 0.25) is 5.69 Å². The molecular formula is C27H31ClN4O3. The zero-order valence-corrected chi connectivity index (χ0v) is 21.4. The monoisotopic (exact) mass is 494 g/mol. The number of aldehydes is 1. The van der Waals surface area contributed by atoms with Gasteiger partial charge in [-0.1, -0.05) is 45.4 Å². The molecule has 35 heavy (non-hydrogen) atoms. The summed E-state index contributed by atoms with van der Waals surface area (Å²) in [6, 6.07) is 8.71. The highest BCUT2D eigenvalue weighted by atomic mass is 35.5. The van der Waals surface area contributed by atoms with Gasteiger partial charge in [-0.05, 0) is 43.0 Å². The lowest BCUT2D eigenvalue weighted by Crippen LogP contribution is -2.66. The normalized spacial score (nSPS) is 23.1. The number of Topliss-reactive ketones (excluding diaryl/α,β-unsaturated/α-hetero) is 1. The minimum absolute atomic E-state index is 0.0298. The molecule has 2 aromatic rings. The van der Waals surface area contributed by atoms with E-state index in [1.807, 2.05) is 6.07 Å². The van der Waals surface area contributed by atoms with Gasteiger partial charge in [0.1, 0.15) is 23.8 Å². The van der Waals surface area contributed by atoms with Crippen LogP contribution in [-0.2, 0) is 4.79 Å². The summed E-state index contributed by atoms with van der Waals surface area (Å²) in [4.78, 5) is 29.6. The lowest BCUT2D eigenvalue weighted by Gasteiger charge is -2.63. The predicted molar refractivity (Wildman–Crippen MR) is 135 cm³/mol. The molecule has 4 rings (SSSR count). The molecule has 0 unspecified atom stereocenters. The molecule has 7 nitrogen and oxygen atoms in total. The zero-order valence-electron chi connectivity index (χ0n) is 20.6. The van der Waals surface area contributed by atoms with Crippen LogP contribution in [0.2, 0.25) is 5.02 Å². The van der Waals surface area contributed by atoms with Crippen LogP contribution in [0, 0.1) is 29.2 Å². The van der Waals surface area contributed by atoms with Crippen molar-refractivity contribution in [1.82, 2.24) is 10.2 Å². The average molecular weight is 495 g/mol. The van der Waals surface area contributed by atoms with Crippen molar-refractivity contribution in [1.29, 1.82) is 0 Å². The summed E-state index contributed by atoms with van der Waals surface area (Å²) in [7, 11) is 0. The number of nitrogens with zero attached hydrogens (tertiary/aromatic N) is 4. The van der Waals surface area contributed by atoms with E-state index in [1.165, 1.54) is 0 Å². The lowest BCUT2D eigenvalue weighted by molar-refractivity contribution is -0.196. The third-order valence-electron chi connectivity index (χ3n) is 7.82. The van der Waals surface area contributed by atoms with Crippen molar-refractivity contribution in [3.05, 3.63) is 52.5 Å². The van der Waals surface area contributed by atoms with E-state index in [4.69, 9.17) is 22.9 Å². The number of hydrogen-bond acceptors (Lipinski definition) is 6. The van der Waals surface area contributed by atoms with Crippen molar-refractivity contribution in [2.75, 3.05) is 18.0 Å². The van der Waals surface area contributed by atoms with Gasteiger partial charge in [-0.15, -0.1) is 10.2 Å². The molecule has 0 amide bonds. The highest BCUT2D eigenvalue weighted by Crippen LogP contribution is 2.61. The Kier molecular flexibility index (Phi) is 6.88. The van der Waals surface area contributed by atoms with Crippen molar-refractivity contribution < 1.29 is 14.3 Å². The Hall–Kier alpha value is -2.98. The fourth-order valence-electron chi connectivity index (χ4n) is 6.00. The SMILES string of the molecule is [C-]#[N+]c1ccc(OC2C(C)(C)C(CC(=O)c3ccc(N4CCC(C=O)CC4)nn3)C2(C)C)cc1Cl. The molecule has 1 aliphatic heterocycles. The van der Waals surface area contributed by atoms with Gasteiger partial charge in [0.25, 0.3) is 0 Å². The second-order valence-corrected chi connectivity index (χ2v) is 11.2. The first kappa shape index (κ1) is 25.1. The van der Waals surface area contributed by atoms with E-state index in [2.05, 4.69) is 47.6 Å². The van der Waals surface area contributed by atoms with Gasteiger partial charge in [0.05, 0.1) is 11.6 Å². The highest BCUT2D eigenvalue weighted by molar-refractivity contribution is 6.33. The minimum Gasteiger partial charge on any atom is -0.489 e. The van der Waals surface area contributed by atoms with E-state index in [0.29, 0.717) is 28.6 Å². The molecule has 8 heteroatoms. The molecule has 0 radical (unpaired) electrons. The van der Waals surface area contributed by atoms with Crippen LogP contribution in [0.1, 0.15) is 57.4 Å². The van der Waals surface area contributed by atoms with E-state index < -0.39 is 0 Å². The third kappa shape index (κ3) is 4.77. The van der Waals surface area contributed by atoms with Crippen molar-refractivity contribution in [2.45, 2.75) is 53.1 Å². The number of halogens is 1. The Bertz CT molecular complexity index is 1130. The number of ketones is 1. The Morgan fingerprint density at radius 3 is 2.40 bits per heavy atom. The van der Waals surface area contributed by atoms with Gasteiger partial charge >= 0.3 is 0 Å². The van der Waals surface area contributed by atoms with Gasteiger partial charge in [0.15, 0.2) is 11.6 Å². The van der Waals surface area contributed by atoms with Crippen LogP contribution in [0.5, 0.6) is 5.75 Å². The number of rotatable bonds is 7.